The molecule has 0 amide bonds. The Morgan fingerprint density at radius 3 is 2.72 bits per heavy atom. The van der Waals surface area contributed by atoms with Gasteiger partial charge >= 0.3 is 5.97 Å². The molecule has 0 radical (unpaired) electrons. The molecule has 29 heavy (non-hydrogen) atoms. The molecule has 0 saturated heterocycles. The molecule has 2 heterocycles. The van der Waals surface area contributed by atoms with Gasteiger partial charge in [-0.15, -0.1) is 0 Å². The molecule has 4 nitrogen and oxygen atoms in total. The van der Waals surface area contributed by atoms with E-state index in [4.69, 9.17) is 5.11 Å². The quantitative estimate of drug-likeness (QED) is 0.432. The van der Waals surface area contributed by atoms with Gasteiger partial charge in [-0.3, -0.25) is 4.79 Å². The Balaban J connectivity index is 1.62. The molecule has 0 unspecified atom stereocenters. The van der Waals surface area contributed by atoms with Gasteiger partial charge in [0.2, 0.25) is 5.52 Å². The first-order chi connectivity index (χ1) is 14.1. The first-order valence-corrected chi connectivity index (χ1v) is 10.8. The van der Waals surface area contributed by atoms with Gasteiger partial charge in [0.1, 0.15) is 7.05 Å². The normalized spacial score (nSPS) is 14.5. The second-order valence-electron chi connectivity index (χ2n) is 7.31. The van der Waals surface area contributed by atoms with Crippen LogP contribution in [0.4, 0.5) is 5.69 Å². The van der Waals surface area contributed by atoms with Crippen LogP contribution in [-0.2, 0) is 11.8 Å². The second kappa shape index (κ2) is 8.70. The third-order valence-corrected chi connectivity index (χ3v) is 6.37. The maximum atomic E-state index is 10.7. The fourth-order valence-corrected chi connectivity index (χ4v) is 4.90. The maximum absolute atomic E-state index is 10.7. The van der Waals surface area contributed by atoms with Crippen molar-refractivity contribution < 1.29 is 14.5 Å². The van der Waals surface area contributed by atoms with E-state index in [1.165, 1.54) is 32.1 Å². The lowest BCUT2D eigenvalue weighted by atomic mass is 10.1. The highest BCUT2D eigenvalue weighted by Crippen LogP contribution is 2.46. The molecule has 2 aromatic carbocycles. The number of fused-ring (bicyclic) bond motifs is 2. The van der Waals surface area contributed by atoms with Crippen LogP contribution in [0.15, 0.2) is 70.7 Å². The minimum absolute atomic E-state index is 0.251. The zero-order valence-electron chi connectivity index (χ0n) is 16.5. The summed E-state index contributed by atoms with van der Waals surface area (Å²) in [7, 11) is 2.07. The number of pyridine rings is 1. The van der Waals surface area contributed by atoms with Crippen molar-refractivity contribution in [2.24, 2.45) is 7.05 Å². The predicted molar refractivity (Wildman–Crippen MR) is 119 cm³/mol. The average Bonchev–Trinajstić information content (AvgIpc) is 3.07. The second-order valence-corrected chi connectivity index (χ2v) is 8.37. The number of aryl methyl sites for hydroxylation is 1. The number of hydrogen-bond acceptors (Lipinski definition) is 3. The van der Waals surface area contributed by atoms with E-state index in [0.717, 1.165) is 25.8 Å². The summed E-state index contributed by atoms with van der Waals surface area (Å²) < 4.78 is 2.15. The van der Waals surface area contributed by atoms with Gasteiger partial charge in [-0.2, -0.15) is 0 Å². The first kappa shape index (κ1) is 19.5. The molecule has 4 rings (SSSR count). The SMILES string of the molecule is C[n+]1ccc(C=C2Sc3ccccc3N2CCCCCC(=O)O)c2ccccc21. The van der Waals surface area contributed by atoms with Crippen molar-refractivity contribution in [2.45, 2.75) is 30.6 Å². The Labute approximate surface area is 175 Å². The molecular formula is C24H25N2O2S+. The molecule has 148 valence electrons. The number of aliphatic carboxylic acids is 1. The van der Waals surface area contributed by atoms with Crippen LogP contribution in [0.3, 0.4) is 0 Å². The van der Waals surface area contributed by atoms with Crippen molar-refractivity contribution in [3.8, 4) is 0 Å². The Hall–Kier alpha value is -2.79. The Kier molecular flexibility index (Phi) is 5.86. The topological polar surface area (TPSA) is 44.4 Å². The number of aromatic nitrogens is 1. The van der Waals surface area contributed by atoms with Crippen molar-refractivity contribution in [1.82, 2.24) is 0 Å². The number of carboxylic acids is 1. The van der Waals surface area contributed by atoms with Crippen LogP contribution in [0.5, 0.6) is 0 Å². The Bertz CT molecular complexity index is 1080. The summed E-state index contributed by atoms with van der Waals surface area (Å²) in [5.41, 5.74) is 3.67. The highest BCUT2D eigenvalue weighted by Gasteiger charge is 2.24. The minimum atomic E-state index is -0.711. The summed E-state index contributed by atoms with van der Waals surface area (Å²) in [6, 6.07) is 19.1. The van der Waals surface area contributed by atoms with Gasteiger partial charge in [-0.05, 0) is 42.7 Å². The van der Waals surface area contributed by atoms with E-state index in [0.29, 0.717) is 0 Å². The van der Waals surface area contributed by atoms with E-state index in [1.54, 1.807) is 11.8 Å². The van der Waals surface area contributed by atoms with Crippen LogP contribution in [-0.4, -0.2) is 17.6 Å². The molecule has 0 atom stereocenters. The van der Waals surface area contributed by atoms with Crippen LogP contribution < -0.4 is 9.47 Å². The van der Waals surface area contributed by atoms with E-state index >= 15 is 0 Å². The van der Waals surface area contributed by atoms with E-state index in [1.807, 2.05) is 0 Å². The molecule has 3 aromatic rings. The van der Waals surface area contributed by atoms with Gasteiger partial charge in [-0.25, -0.2) is 4.57 Å². The van der Waals surface area contributed by atoms with Crippen molar-refractivity contribution in [1.29, 1.82) is 0 Å². The maximum Gasteiger partial charge on any atom is 0.303 e. The fraction of sp³-hybridized carbons (Fsp3) is 0.250. The number of benzene rings is 2. The summed E-state index contributed by atoms with van der Waals surface area (Å²) in [4.78, 5) is 14.4. The average molecular weight is 406 g/mol. The lowest BCUT2D eigenvalue weighted by Gasteiger charge is -2.20. The van der Waals surface area contributed by atoms with Crippen LogP contribution in [0.1, 0.15) is 31.2 Å². The van der Waals surface area contributed by atoms with Crippen molar-refractivity contribution in [3.05, 3.63) is 71.4 Å². The molecule has 0 fully saturated rings. The smallest absolute Gasteiger partial charge is 0.303 e. The van der Waals surface area contributed by atoms with Gasteiger partial charge in [0.15, 0.2) is 6.20 Å². The number of unbranched alkanes of at least 4 members (excludes halogenated alkanes) is 2. The predicted octanol–water partition coefficient (Wildman–Crippen LogP) is 5.22. The number of thioether (sulfide) groups is 1. The summed E-state index contributed by atoms with van der Waals surface area (Å²) in [5.74, 6) is -0.711. The molecule has 5 heteroatoms. The van der Waals surface area contributed by atoms with E-state index in [2.05, 4.69) is 83.4 Å². The third-order valence-electron chi connectivity index (χ3n) is 5.26. The number of nitrogens with zero attached hydrogens (tertiary/aromatic N) is 2. The molecule has 1 aromatic heterocycles. The standard InChI is InChI=1S/C24H24N2O2S/c1-25-16-14-18(19-9-4-5-10-20(19)25)17-23-26(15-8-2-3-13-24(27)28)21-11-6-7-12-22(21)29-23/h4-7,9-12,14,16-17H,2-3,8,13,15H2,1H3/p+1. The van der Waals surface area contributed by atoms with Gasteiger partial charge < -0.3 is 10.0 Å². The largest absolute Gasteiger partial charge is 0.481 e. The molecule has 0 spiro atoms. The molecule has 1 N–H and O–H groups in total. The molecule has 0 saturated carbocycles. The van der Waals surface area contributed by atoms with E-state index < -0.39 is 5.97 Å². The van der Waals surface area contributed by atoms with Crippen LogP contribution in [0.25, 0.3) is 17.0 Å². The number of hydrogen-bond donors (Lipinski definition) is 1. The van der Waals surface area contributed by atoms with Gasteiger partial charge in [0, 0.05) is 30.0 Å². The van der Waals surface area contributed by atoms with Gasteiger partial charge in [0.25, 0.3) is 0 Å². The highest BCUT2D eigenvalue weighted by atomic mass is 32.2. The molecule has 0 bridgehead atoms. The monoisotopic (exact) mass is 405 g/mol. The van der Waals surface area contributed by atoms with Crippen LogP contribution >= 0.6 is 11.8 Å². The van der Waals surface area contributed by atoms with E-state index in [-0.39, 0.29) is 6.42 Å². The lowest BCUT2D eigenvalue weighted by Crippen LogP contribution is -2.28. The highest BCUT2D eigenvalue weighted by molar-refractivity contribution is 8.03. The van der Waals surface area contributed by atoms with Gasteiger partial charge in [-0.1, -0.05) is 42.4 Å². The van der Waals surface area contributed by atoms with Crippen molar-refractivity contribution in [3.63, 3.8) is 0 Å². The van der Waals surface area contributed by atoms with Crippen molar-refractivity contribution in [2.75, 3.05) is 11.4 Å². The van der Waals surface area contributed by atoms with Crippen LogP contribution in [0, 0.1) is 0 Å². The molecule has 0 aliphatic carbocycles. The van der Waals surface area contributed by atoms with Crippen LogP contribution in [0.2, 0.25) is 0 Å². The molecular weight excluding hydrogens is 380 g/mol. The number of para-hydroxylation sites is 2. The summed E-state index contributed by atoms with van der Waals surface area (Å²) in [5, 5.41) is 11.3. The first-order valence-electron chi connectivity index (χ1n) is 9.99. The van der Waals surface area contributed by atoms with Crippen molar-refractivity contribution >= 4 is 40.4 Å². The number of carbonyl (C=O) groups is 1. The third kappa shape index (κ3) is 4.30. The summed E-state index contributed by atoms with van der Waals surface area (Å²) >= 11 is 1.81. The number of carboxylic acid groups (broad SMARTS) is 1. The molecule has 1 aliphatic rings. The summed E-state index contributed by atoms with van der Waals surface area (Å²) in [6.45, 7) is 0.897. The Morgan fingerprint density at radius 1 is 1.07 bits per heavy atom. The van der Waals surface area contributed by atoms with E-state index in [9.17, 15) is 4.79 Å². The molecule has 1 aliphatic heterocycles. The Morgan fingerprint density at radius 2 is 1.86 bits per heavy atom. The lowest BCUT2D eigenvalue weighted by molar-refractivity contribution is -0.644. The minimum Gasteiger partial charge on any atom is -0.481 e. The number of anilines is 1. The zero-order chi connectivity index (χ0) is 20.2. The zero-order valence-corrected chi connectivity index (χ0v) is 17.4. The fourth-order valence-electron chi connectivity index (χ4n) is 3.76. The summed E-state index contributed by atoms with van der Waals surface area (Å²) in [6.07, 6.45) is 7.27. The number of rotatable bonds is 7. The van der Waals surface area contributed by atoms with Gasteiger partial charge in [0.05, 0.1) is 16.1 Å².